The van der Waals surface area contributed by atoms with Gasteiger partial charge >= 0.3 is 0 Å². The first-order valence-electron chi connectivity index (χ1n) is 11.8. The molecule has 1 aliphatic rings. The first-order chi connectivity index (χ1) is 17.1. The molecule has 1 fully saturated rings. The summed E-state index contributed by atoms with van der Waals surface area (Å²) in [5.74, 6) is 0.521. The first-order valence-corrected chi connectivity index (χ1v) is 11.8. The van der Waals surface area contributed by atoms with E-state index in [0.29, 0.717) is 42.0 Å². The minimum Gasteiger partial charge on any atom is -0.456 e. The van der Waals surface area contributed by atoms with E-state index in [1.165, 1.54) is 11.8 Å². The number of hydrogen-bond donors (Lipinski definition) is 2. The fourth-order valence-electron chi connectivity index (χ4n) is 4.44. The quantitative estimate of drug-likeness (QED) is 0.427. The third kappa shape index (κ3) is 5.34. The van der Waals surface area contributed by atoms with Crippen molar-refractivity contribution in [2.24, 2.45) is 5.73 Å². The van der Waals surface area contributed by atoms with Crippen LogP contribution in [0.4, 0.5) is 4.39 Å². The fourth-order valence-corrected chi connectivity index (χ4v) is 4.44. The highest BCUT2D eigenvalue weighted by molar-refractivity contribution is 5.83. The van der Waals surface area contributed by atoms with Crippen molar-refractivity contribution in [1.29, 1.82) is 0 Å². The standard InChI is InChI=1S/C27H28FN5O2/c28-22-17-31-26-25(22)24(10-11-30-26)35-21-8-6-19(7-9-21)16-23(29)27(34)33-14-12-32(13-15-33)18-20-4-2-1-3-5-20/h1-11,17,23H,12-16,18,29H2,(H,30,31)/t23-/m0/s1. The van der Waals surface area contributed by atoms with Gasteiger partial charge in [-0.2, -0.15) is 0 Å². The van der Waals surface area contributed by atoms with Gasteiger partial charge in [-0.1, -0.05) is 42.5 Å². The number of amides is 1. The first kappa shape index (κ1) is 23.0. The maximum absolute atomic E-state index is 14.1. The molecule has 1 aliphatic heterocycles. The van der Waals surface area contributed by atoms with Gasteiger partial charge in [-0.25, -0.2) is 9.37 Å². The Morgan fingerprint density at radius 2 is 1.77 bits per heavy atom. The van der Waals surface area contributed by atoms with Crippen LogP contribution in [0.3, 0.4) is 0 Å². The number of rotatable bonds is 7. The van der Waals surface area contributed by atoms with Crippen molar-refractivity contribution in [1.82, 2.24) is 19.8 Å². The molecule has 8 heteroatoms. The van der Waals surface area contributed by atoms with Crippen molar-refractivity contribution >= 4 is 16.9 Å². The predicted molar refractivity (Wildman–Crippen MR) is 133 cm³/mol. The molecule has 0 aliphatic carbocycles. The molecule has 0 saturated carbocycles. The normalized spacial score (nSPS) is 15.3. The van der Waals surface area contributed by atoms with Crippen LogP contribution >= 0.6 is 0 Å². The van der Waals surface area contributed by atoms with E-state index >= 15 is 0 Å². The number of pyridine rings is 1. The van der Waals surface area contributed by atoms with Crippen molar-refractivity contribution < 1.29 is 13.9 Å². The van der Waals surface area contributed by atoms with E-state index < -0.39 is 11.9 Å². The number of piperazine rings is 1. The smallest absolute Gasteiger partial charge is 0.239 e. The Morgan fingerprint density at radius 1 is 1.03 bits per heavy atom. The molecule has 0 radical (unpaired) electrons. The summed E-state index contributed by atoms with van der Waals surface area (Å²) >= 11 is 0. The number of aromatic amines is 1. The summed E-state index contributed by atoms with van der Waals surface area (Å²) in [7, 11) is 0. The molecule has 35 heavy (non-hydrogen) atoms. The average molecular weight is 474 g/mol. The highest BCUT2D eigenvalue weighted by Crippen LogP contribution is 2.30. The number of carbonyl (C=O) groups excluding carboxylic acids is 1. The Labute approximate surface area is 203 Å². The molecule has 3 N–H and O–H groups in total. The van der Waals surface area contributed by atoms with E-state index in [9.17, 15) is 9.18 Å². The molecule has 5 rings (SSSR count). The number of aromatic nitrogens is 2. The summed E-state index contributed by atoms with van der Waals surface area (Å²) in [5.41, 5.74) is 8.93. The molecule has 1 saturated heterocycles. The fraction of sp³-hybridized carbons (Fsp3) is 0.259. The van der Waals surface area contributed by atoms with Gasteiger partial charge in [0.2, 0.25) is 5.91 Å². The van der Waals surface area contributed by atoms with Gasteiger partial charge in [-0.15, -0.1) is 0 Å². The second-order valence-electron chi connectivity index (χ2n) is 8.81. The molecule has 1 atom stereocenters. The second-order valence-corrected chi connectivity index (χ2v) is 8.81. The van der Waals surface area contributed by atoms with Gasteiger partial charge in [0.15, 0.2) is 5.82 Å². The lowest BCUT2D eigenvalue weighted by Gasteiger charge is -2.36. The van der Waals surface area contributed by atoms with Gasteiger partial charge in [0.05, 0.1) is 11.4 Å². The maximum Gasteiger partial charge on any atom is 0.239 e. The second kappa shape index (κ2) is 10.2. The maximum atomic E-state index is 14.1. The SMILES string of the molecule is N[C@@H](Cc1ccc(Oc2ccnc3[nH]cc(F)c23)cc1)C(=O)N1CCN(Cc2ccccc2)CC1. The van der Waals surface area contributed by atoms with Crippen molar-refractivity contribution in [3.05, 3.63) is 90.0 Å². The third-order valence-electron chi connectivity index (χ3n) is 6.34. The van der Waals surface area contributed by atoms with Crippen LogP contribution in [-0.2, 0) is 17.8 Å². The molecule has 2 aromatic heterocycles. The average Bonchev–Trinajstić information content (AvgIpc) is 3.27. The van der Waals surface area contributed by atoms with Crippen LogP contribution in [0.1, 0.15) is 11.1 Å². The number of benzene rings is 2. The molecule has 3 heterocycles. The third-order valence-corrected chi connectivity index (χ3v) is 6.34. The minimum absolute atomic E-state index is 0.0215. The largest absolute Gasteiger partial charge is 0.456 e. The number of H-pyrrole nitrogens is 1. The molecular formula is C27H28FN5O2. The number of nitrogens with one attached hydrogen (secondary N) is 1. The van der Waals surface area contributed by atoms with Crippen LogP contribution in [0.25, 0.3) is 11.0 Å². The van der Waals surface area contributed by atoms with E-state index in [-0.39, 0.29) is 5.91 Å². The van der Waals surface area contributed by atoms with E-state index in [0.717, 1.165) is 25.2 Å². The Morgan fingerprint density at radius 3 is 2.51 bits per heavy atom. The number of halogens is 1. The number of nitrogens with two attached hydrogens (primary N) is 1. The molecule has 2 aromatic carbocycles. The molecule has 0 spiro atoms. The molecule has 7 nitrogen and oxygen atoms in total. The number of nitrogens with zero attached hydrogens (tertiary/aromatic N) is 3. The van der Waals surface area contributed by atoms with Crippen LogP contribution in [0.5, 0.6) is 11.5 Å². The van der Waals surface area contributed by atoms with Gasteiger partial charge < -0.3 is 20.4 Å². The lowest BCUT2D eigenvalue weighted by molar-refractivity contribution is -0.134. The zero-order valence-corrected chi connectivity index (χ0v) is 19.4. The molecule has 0 unspecified atom stereocenters. The Balaban J connectivity index is 1.14. The number of hydrogen-bond acceptors (Lipinski definition) is 5. The summed E-state index contributed by atoms with van der Waals surface area (Å²) < 4.78 is 19.9. The monoisotopic (exact) mass is 473 g/mol. The Bertz CT molecular complexity index is 1280. The topological polar surface area (TPSA) is 87.5 Å². The zero-order chi connectivity index (χ0) is 24.2. The highest BCUT2D eigenvalue weighted by atomic mass is 19.1. The summed E-state index contributed by atoms with van der Waals surface area (Å²) in [6, 6.07) is 18.7. The van der Waals surface area contributed by atoms with E-state index in [1.54, 1.807) is 24.4 Å². The van der Waals surface area contributed by atoms with E-state index in [1.807, 2.05) is 35.2 Å². The number of ether oxygens (including phenoxy) is 1. The summed E-state index contributed by atoms with van der Waals surface area (Å²) in [5, 5.41) is 0.313. The Kier molecular flexibility index (Phi) is 6.74. The molecule has 180 valence electrons. The molecular weight excluding hydrogens is 445 g/mol. The van der Waals surface area contributed by atoms with Crippen LogP contribution < -0.4 is 10.5 Å². The molecule has 1 amide bonds. The van der Waals surface area contributed by atoms with Gasteiger partial charge in [0.1, 0.15) is 17.1 Å². The van der Waals surface area contributed by atoms with Crippen LogP contribution in [0.2, 0.25) is 0 Å². The van der Waals surface area contributed by atoms with Gasteiger partial charge in [0.25, 0.3) is 0 Å². The zero-order valence-electron chi connectivity index (χ0n) is 19.4. The van der Waals surface area contributed by atoms with Crippen LogP contribution in [0.15, 0.2) is 73.1 Å². The summed E-state index contributed by atoms with van der Waals surface area (Å²) in [4.78, 5) is 24.0. The van der Waals surface area contributed by atoms with Crippen molar-refractivity contribution in [3.8, 4) is 11.5 Å². The van der Waals surface area contributed by atoms with Crippen LogP contribution in [0, 0.1) is 5.82 Å². The summed E-state index contributed by atoms with van der Waals surface area (Å²) in [6.07, 6.45) is 3.26. The van der Waals surface area contributed by atoms with Crippen molar-refractivity contribution in [3.63, 3.8) is 0 Å². The Hall–Kier alpha value is -3.75. The number of fused-ring (bicyclic) bond motifs is 1. The predicted octanol–water partition coefficient (Wildman–Crippen LogP) is 3.71. The van der Waals surface area contributed by atoms with Crippen molar-refractivity contribution in [2.75, 3.05) is 26.2 Å². The van der Waals surface area contributed by atoms with Crippen molar-refractivity contribution in [2.45, 2.75) is 19.0 Å². The minimum atomic E-state index is -0.601. The highest BCUT2D eigenvalue weighted by Gasteiger charge is 2.25. The van der Waals surface area contributed by atoms with Crippen LogP contribution in [-0.4, -0.2) is 57.9 Å². The van der Waals surface area contributed by atoms with E-state index in [4.69, 9.17) is 10.5 Å². The lowest BCUT2D eigenvalue weighted by Crippen LogP contribution is -2.53. The van der Waals surface area contributed by atoms with Gasteiger partial charge in [0, 0.05) is 51.2 Å². The molecule has 0 bridgehead atoms. The van der Waals surface area contributed by atoms with Gasteiger partial charge in [-0.05, 0) is 29.7 Å². The van der Waals surface area contributed by atoms with Gasteiger partial charge in [-0.3, -0.25) is 9.69 Å². The lowest BCUT2D eigenvalue weighted by atomic mass is 10.0. The molecule has 4 aromatic rings. The number of carbonyl (C=O) groups is 1. The summed E-state index contributed by atoms with van der Waals surface area (Å²) in [6.45, 7) is 3.93. The van der Waals surface area contributed by atoms with E-state index in [2.05, 4.69) is 27.0 Å².